The lowest BCUT2D eigenvalue weighted by Gasteiger charge is -2.19. The molecule has 5 N–H and O–H groups in total. The summed E-state index contributed by atoms with van der Waals surface area (Å²) in [5.41, 5.74) is 12.1. The Balaban J connectivity index is 0.00000289. The van der Waals surface area contributed by atoms with Gasteiger partial charge in [0.2, 0.25) is 0 Å². The Morgan fingerprint density at radius 3 is 2.33 bits per heavy atom. The van der Waals surface area contributed by atoms with Crippen LogP contribution in [0, 0.1) is 5.41 Å². The van der Waals surface area contributed by atoms with Crippen LogP contribution in [-0.4, -0.2) is 23.4 Å². The van der Waals surface area contributed by atoms with Crippen molar-refractivity contribution >= 4 is 35.9 Å². The van der Waals surface area contributed by atoms with Gasteiger partial charge in [0.05, 0.1) is 6.54 Å². The summed E-state index contributed by atoms with van der Waals surface area (Å²) in [5.74, 6) is 0.139. The zero-order valence-electron chi connectivity index (χ0n) is 10.1. The Kier molecular flexibility index (Phi) is 7.16. The number of rotatable bonds is 3. The summed E-state index contributed by atoms with van der Waals surface area (Å²) >= 11 is 5.78. The van der Waals surface area contributed by atoms with E-state index in [1.54, 1.807) is 12.1 Å². The van der Waals surface area contributed by atoms with E-state index >= 15 is 0 Å². The number of nitrogens with two attached hydrogens (primary N) is 2. The summed E-state index contributed by atoms with van der Waals surface area (Å²) < 4.78 is 0. The number of benzene rings is 1. The van der Waals surface area contributed by atoms with Gasteiger partial charge in [-0.1, -0.05) is 23.7 Å². The van der Waals surface area contributed by atoms with E-state index in [0.717, 1.165) is 5.56 Å². The van der Waals surface area contributed by atoms with Crippen molar-refractivity contribution in [3.05, 3.63) is 34.9 Å². The van der Waals surface area contributed by atoms with Gasteiger partial charge in [-0.2, -0.15) is 0 Å². The number of hydrogen-bond acceptors (Lipinski definition) is 2. The molecule has 18 heavy (non-hydrogen) atoms. The van der Waals surface area contributed by atoms with Gasteiger partial charge in [-0.05, 0) is 24.6 Å². The van der Waals surface area contributed by atoms with E-state index in [1.807, 2.05) is 19.1 Å². The summed E-state index contributed by atoms with van der Waals surface area (Å²) in [4.78, 5) is 5.60. The maximum absolute atomic E-state index is 7.32. The normalized spacial score (nSPS) is 10.7. The third kappa shape index (κ3) is 4.81. The van der Waals surface area contributed by atoms with E-state index in [0.29, 0.717) is 18.1 Å². The van der Waals surface area contributed by atoms with Crippen LogP contribution in [0.4, 0.5) is 0 Å². The smallest absolute Gasteiger partial charge is 0.198 e. The zero-order chi connectivity index (χ0) is 12.8. The van der Waals surface area contributed by atoms with Crippen molar-refractivity contribution in [2.45, 2.75) is 13.5 Å². The topological polar surface area (TPSA) is 91.5 Å². The Bertz CT molecular complexity index is 416. The molecule has 0 fully saturated rings. The van der Waals surface area contributed by atoms with Crippen molar-refractivity contribution in [1.82, 2.24) is 4.90 Å². The molecule has 7 heteroatoms. The summed E-state index contributed by atoms with van der Waals surface area (Å²) in [5, 5.41) is 8.00. The lowest BCUT2D eigenvalue weighted by atomic mass is 10.2. The molecule has 0 radical (unpaired) electrons. The maximum Gasteiger partial charge on any atom is 0.198 e. The molecule has 100 valence electrons. The fourth-order valence-electron chi connectivity index (χ4n) is 1.30. The van der Waals surface area contributed by atoms with Crippen LogP contribution in [0.3, 0.4) is 0 Å². The first-order chi connectivity index (χ1) is 8.04. The molecule has 0 saturated heterocycles. The van der Waals surface area contributed by atoms with Gasteiger partial charge in [0, 0.05) is 11.6 Å². The standard InChI is InChI=1S/C11H16ClN5.ClH/c1-2-17(10(13)14)11(15)16-7-8-3-5-9(12)6-4-8;/h3-6H,2,7H2,1H3,(H3,13,14)(H2,15,16);1H. The summed E-state index contributed by atoms with van der Waals surface area (Å²) in [6, 6.07) is 7.35. The van der Waals surface area contributed by atoms with Gasteiger partial charge < -0.3 is 11.5 Å². The van der Waals surface area contributed by atoms with E-state index in [1.165, 1.54) is 4.90 Å². The first-order valence-electron chi connectivity index (χ1n) is 5.20. The van der Waals surface area contributed by atoms with E-state index < -0.39 is 0 Å². The van der Waals surface area contributed by atoms with Crippen molar-refractivity contribution < 1.29 is 0 Å². The molecule has 1 aromatic carbocycles. The minimum atomic E-state index is -0.107. The highest BCUT2D eigenvalue weighted by atomic mass is 35.5. The SMILES string of the molecule is CCN(C(=N)N)C(N)=NCc1ccc(Cl)cc1.Cl. The molecule has 5 nitrogen and oxygen atoms in total. The van der Waals surface area contributed by atoms with Crippen molar-refractivity contribution in [3.63, 3.8) is 0 Å². The molecule has 0 heterocycles. The molecule has 0 spiro atoms. The number of guanidine groups is 2. The third-order valence-corrected chi connectivity index (χ3v) is 2.47. The molecule has 1 aromatic rings. The second-order valence-electron chi connectivity index (χ2n) is 3.43. The van der Waals surface area contributed by atoms with Crippen LogP contribution in [0.15, 0.2) is 29.3 Å². The largest absolute Gasteiger partial charge is 0.370 e. The summed E-state index contributed by atoms with van der Waals surface area (Å²) in [6.45, 7) is 2.81. The number of nitrogens with zero attached hydrogens (tertiary/aromatic N) is 2. The lowest BCUT2D eigenvalue weighted by molar-refractivity contribution is 0.618. The van der Waals surface area contributed by atoms with Crippen molar-refractivity contribution in [2.75, 3.05) is 6.54 Å². The Morgan fingerprint density at radius 2 is 1.89 bits per heavy atom. The van der Waals surface area contributed by atoms with Crippen molar-refractivity contribution in [2.24, 2.45) is 16.5 Å². The quantitative estimate of drug-likeness (QED) is 0.585. The summed E-state index contributed by atoms with van der Waals surface area (Å²) in [6.07, 6.45) is 0. The Morgan fingerprint density at radius 1 is 1.33 bits per heavy atom. The van der Waals surface area contributed by atoms with Gasteiger partial charge in [-0.15, -0.1) is 12.4 Å². The van der Waals surface area contributed by atoms with Gasteiger partial charge in [-0.3, -0.25) is 10.3 Å². The van der Waals surface area contributed by atoms with Crippen LogP contribution in [0.25, 0.3) is 0 Å². The minimum Gasteiger partial charge on any atom is -0.370 e. The molecule has 0 aromatic heterocycles. The molecular formula is C11H17Cl2N5. The molecular weight excluding hydrogens is 273 g/mol. The van der Waals surface area contributed by atoms with Crippen LogP contribution in [-0.2, 0) is 6.54 Å². The molecule has 1 rings (SSSR count). The van der Waals surface area contributed by atoms with Crippen LogP contribution >= 0.6 is 24.0 Å². The minimum absolute atomic E-state index is 0. The fraction of sp³-hybridized carbons (Fsp3) is 0.273. The molecule has 0 aliphatic heterocycles. The first kappa shape index (κ1) is 16.5. The first-order valence-corrected chi connectivity index (χ1v) is 5.58. The van der Waals surface area contributed by atoms with Gasteiger partial charge >= 0.3 is 0 Å². The fourth-order valence-corrected chi connectivity index (χ4v) is 1.43. The molecule has 0 aliphatic rings. The van der Waals surface area contributed by atoms with Gasteiger partial charge in [0.25, 0.3) is 0 Å². The second-order valence-corrected chi connectivity index (χ2v) is 3.87. The zero-order valence-corrected chi connectivity index (χ0v) is 11.6. The molecule has 0 bridgehead atoms. The van der Waals surface area contributed by atoms with E-state index in [9.17, 15) is 0 Å². The van der Waals surface area contributed by atoms with Crippen LogP contribution in [0.1, 0.15) is 12.5 Å². The third-order valence-electron chi connectivity index (χ3n) is 2.22. The second kappa shape index (κ2) is 7.79. The van der Waals surface area contributed by atoms with Gasteiger partial charge in [0.15, 0.2) is 11.9 Å². The lowest BCUT2D eigenvalue weighted by Crippen LogP contribution is -2.45. The predicted molar refractivity (Wildman–Crippen MR) is 78.3 cm³/mol. The highest BCUT2D eigenvalue weighted by Gasteiger charge is 2.07. The van der Waals surface area contributed by atoms with E-state index in [-0.39, 0.29) is 24.3 Å². The van der Waals surface area contributed by atoms with E-state index in [4.69, 9.17) is 28.5 Å². The Labute approximate surface area is 118 Å². The highest BCUT2D eigenvalue weighted by Crippen LogP contribution is 2.10. The van der Waals surface area contributed by atoms with Crippen LogP contribution in [0.5, 0.6) is 0 Å². The average molecular weight is 290 g/mol. The molecule has 0 aliphatic carbocycles. The predicted octanol–water partition coefficient (Wildman–Crippen LogP) is 1.79. The van der Waals surface area contributed by atoms with Gasteiger partial charge in [-0.25, -0.2) is 4.99 Å². The Hall–Kier alpha value is -1.46. The van der Waals surface area contributed by atoms with Crippen LogP contribution in [0.2, 0.25) is 5.02 Å². The monoisotopic (exact) mass is 289 g/mol. The highest BCUT2D eigenvalue weighted by molar-refractivity contribution is 6.30. The maximum atomic E-state index is 7.32. The number of nitrogens with one attached hydrogen (secondary N) is 1. The number of aliphatic imine (C=N–C) groups is 1. The molecule has 0 atom stereocenters. The summed E-state index contributed by atoms with van der Waals surface area (Å²) in [7, 11) is 0. The van der Waals surface area contributed by atoms with E-state index in [2.05, 4.69) is 4.99 Å². The van der Waals surface area contributed by atoms with Gasteiger partial charge in [0.1, 0.15) is 0 Å². The molecule has 0 amide bonds. The van der Waals surface area contributed by atoms with Crippen LogP contribution < -0.4 is 11.5 Å². The number of halogens is 2. The van der Waals surface area contributed by atoms with Crippen molar-refractivity contribution in [3.8, 4) is 0 Å². The average Bonchev–Trinajstić information content (AvgIpc) is 2.28. The molecule has 0 saturated carbocycles. The molecule has 0 unspecified atom stereocenters. The number of hydrogen-bond donors (Lipinski definition) is 3. The van der Waals surface area contributed by atoms with Crippen molar-refractivity contribution in [1.29, 1.82) is 5.41 Å².